The standard InChI is InChI=1S/C25H19Cl2N3O/c1-15-3-6-17(7-4-15)14-31-24-20(26)11-18(12-21(24)27)10-19(13-28)25-29-22-8-5-16(2)9-23(22)30-25/h3-12H,14H2,1-2H3,(H,29,30). The molecule has 0 aliphatic carbocycles. The van der Waals surface area contributed by atoms with Gasteiger partial charge in [-0.05, 0) is 60.9 Å². The van der Waals surface area contributed by atoms with Gasteiger partial charge in [0.2, 0.25) is 0 Å². The van der Waals surface area contributed by atoms with Crippen LogP contribution < -0.4 is 4.74 Å². The molecule has 1 aromatic heterocycles. The maximum absolute atomic E-state index is 9.67. The molecule has 0 atom stereocenters. The lowest BCUT2D eigenvalue weighted by molar-refractivity contribution is 0.306. The minimum absolute atomic E-state index is 0.358. The second-order valence-corrected chi connectivity index (χ2v) is 8.18. The van der Waals surface area contributed by atoms with Crippen molar-refractivity contribution in [2.75, 3.05) is 0 Å². The summed E-state index contributed by atoms with van der Waals surface area (Å²) >= 11 is 12.9. The zero-order chi connectivity index (χ0) is 22.0. The number of ether oxygens (including phenoxy) is 1. The van der Waals surface area contributed by atoms with Gasteiger partial charge in [0.25, 0.3) is 0 Å². The molecule has 0 radical (unpaired) electrons. The highest BCUT2D eigenvalue weighted by atomic mass is 35.5. The summed E-state index contributed by atoms with van der Waals surface area (Å²) in [6.07, 6.45) is 1.70. The molecule has 3 aromatic carbocycles. The van der Waals surface area contributed by atoms with Crippen molar-refractivity contribution in [2.45, 2.75) is 20.5 Å². The lowest BCUT2D eigenvalue weighted by atomic mass is 10.1. The molecule has 0 fully saturated rings. The zero-order valence-electron chi connectivity index (χ0n) is 17.0. The predicted molar refractivity (Wildman–Crippen MR) is 126 cm³/mol. The minimum Gasteiger partial charge on any atom is -0.486 e. The maximum Gasteiger partial charge on any atom is 0.157 e. The molecule has 0 amide bonds. The minimum atomic E-state index is 0.358. The maximum atomic E-state index is 9.67. The Morgan fingerprint density at radius 3 is 2.39 bits per heavy atom. The number of nitriles is 1. The number of hydrogen-bond donors (Lipinski definition) is 1. The normalized spacial score (nSPS) is 11.5. The molecule has 0 aliphatic rings. The molecule has 31 heavy (non-hydrogen) atoms. The number of aromatic nitrogens is 2. The average molecular weight is 448 g/mol. The second kappa shape index (κ2) is 8.85. The lowest BCUT2D eigenvalue weighted by Gasteiger charge is -2.11. The van der Waals surface area contributed by atoms with Gasteiger partial charge in [0.05, 0.1) is 26.7 Å². The molecule has 1 N–H and O–H groups in total. The summed E-state index contributed by atoms with van der Waals surface area (Å²) in [4.78, 5) is 7.71. The zero-order valence-corrected chi connectivity index (χ0v) is 18.6. The number of benzene rings is 3. The van der Waals surface area contributed by atoms with E-state index in [1.54, 1.807) is 18.2 Å². The molecule has 4 rings (SSSR count). The highest BCUT2D eigenvalue weighted by Crippen LogP contribution is 2.36. The molecule has 0 spiro atoms. The highest BCUT2D eigenvalue weighted by molar-refractivity contribution is 6.37. The SMILES string of the molecule is Cc1ccc(COc2c(Cl)cc(C=C(C#N)c3nc4ccc(C)cc4[nH]3)cc2Cl)cc1. The fraction of sp³-hybridized carbons (Fsp3) is 0.120. The Morgan fingerprint density at radius 2 is 1.71 bits per heavy atom. The molecule has 4 aromatic rings. The number of imidazole rings is 1. The van der Waals surface area contributed by atoms with Crippen LogP contribution in [-0.4, -0.2) is 9.97 Å². The first-order chi connectivity index (χ1) is 14.9. The van der Waals surface area contributed by atoms with Gasteiger partial charge in [-0.25, -0.2) is 4.98 Å². The lowest BCUT2D eigenvalue weighted by Crippen LogP contribution is -1.97. The van der Waals surface area contributed by atoms with Crippen LogP contribution in [0.15, 0.2) is 54.6 Å². The van der Waals surface area contributed by atoms with E-state index in [0.717, 1.165) is 22.2 Å². The van der Waals surface area contributed by atoms with Crippen LogP contribution >= 0.6 is 23.2 Å². The fourth-order valence-electron chi connectivity index (χ4n) is 3.21. The summed E-state index contributed by atoms with van der Waals surface area (Å²) in [5.41, 5.74) is 6.08. The topological polar surface area (TPSA) is 61.7 Å². The Hall–Kier alpha value is -3.26. The summed E-state index contributed by atoms with van der Waals surface area (Å²) in [5.74, 6) is 0.911. The third kappa shape index (κ3) is 4.74. The molecule has 0 unspecified atom stereocenters. The van der Waals surface area contributed by atoms with Crippen molar-refractivity contribution in [3.05, 3.63) is 92.7 Å². The van der Waals surface area contributed by atoms with E-state index in [-0.39, 0.29) is 0 Å². The van der Waals surface area contributed by atoms with E-state index in [2.05, 4.69) is 16.0 Å². The Labute approximate surface area is 190 Å². The van der Waals surface area contributed by atoms with Crippen molar-refractivity contribution >= 4 is 45.9 Å². The van der Waals surface area contributed by atoms with Gasteiger partial charge in [-0.1, -0.05) is 59.1 Å². The molecule has 0 saturated heterocycles. The van der Waals surface area contributed by atoms with Gasteiger partial charge in [0.1, 0.15) is 18.5 Å². The van der Waals surface area contributed by atoms with Crippen molar-refractivity contribution in [2.24, 2.45) is 0 Å². The van der Waals surface area contributed by atoms with Gasteiger partial charge < -0.3 is 9.72 Å². The van der Waals surface area contributed by atoms with Crippen LogP contribution in [-0.2, 0) is 6.61 Å². The van der Waals surface area contributed by atoms with Gasteiger partial charge in [-0.15, -0.1) is 0 Å². The first-order valence-electron chi connectivity index (χ1n) is 9.69. The van der Waals surface area contributed by atoms with Crippen LogP contribution in [0, 0.1) is 25.2 Å². The Kier molecular flexibility index (Phi) is 5.99. The van der Waals surface area contributed by atoms with Crippen LogP contribution in [0.4, 0.5) is 0 Å². The first kappa shape index (κ1) is 21.0. The summed E-state index contributed by atoms with van der Waals surface area (Å²) in [7, 11) is 0. The van der Waals surface area contributed by atoms with E-state index < -0.39 is 0 Å². The number of nitrogens with one attached hydrogen (secondary N) is 1. The summed E-state index contributed by atoms with van der Waals surface area (Å²) < 4.78 is 5.85. The quantitative estimate of drug-likeness (QED) is 0.331. The van der Waals surface area contributed by atoms with Crippen LogP contribution in [0.5, 0.6) is 5.75 Å². The molecule has 154 valence electrons. The van der Waals surface area contributed by atoms with E-state index in [9.17, 15) is 5.26 Å². The monoisotopic (exact) mass is 447 g/mol. The molecule has 4 nitrogen and oxygen atoms in total. The van der Waals surface area contributed by atoms with Crippen molar-refractivity contribution in [3.8, 4) is 11.8 Å². The summed E-state index contributed by atoms with van der Waals surface area (Å²) in [6.45, 7) is 4.40. The smallest absolute Gasteiger partial charge is 0.157 e. The highest BCUT2D eigenvalue weighted by Gasteiger charge is 2.12. The summed E-state index contributed by atoms with van der Waals surface area (Å²) in [5, 5.41) is 10.4. The van der Waals surface area contributed by atoms with Crippen molar-refractivity contribution in [1.29, 1.82) is 5.26 Å². The fourth-order valence-corrected chi connectivity index (χ4v) is 3.82. The molecule has 6 heteroatoms. The number of allylic oxidation sites excluding steroid dienone is 1. The van der Waals surface area contributed by atoms with E-state index in [4.69, 9.17) is 27.9 Å². The van der Waals surface area contributed by atoms with E-state index >= 15 is 0 Å². The first-order valence-corrected chi connectivity index (χ1v) is 10.4. The third-order valence-corrected chi connectivity index (χ3v) is 5.41. The number of fused-ring (bicyclic) bond motifs is 1. The van der Waals surface area contributed by atoms with Crippen molar-refractivity contribution in [1.82, 2.24) is 9.97 Å². The summed E-state index contributed by atoms with van der Waals surface area (Å²) in [6, 6.07) is 19.6. The van der Waals surface area contributed by atoms with Crippen LogP contribution in [0.1, 0.15) is 28.1 Å². The molecule has 0 aliphatic heterocycles. The van der Waals surface area contributed by atoms with Crippen molar-refractivity contribution < 1.29 is 4.74 Å². The number of aromatic amines is 1. The molecular weight excluding hydrogens is 429 g/mol. The van der Waals surface area contributed by atoms with Crippen molar-refractivity contribution in [3.63, 3.8) is 0 Å². The Bertz CT molecular complexity index is 1310. The largest absolute Gasteiger partial charge is 0.486 e. The predicted octanol–water partition coefficient (Wildman–Crippen LogP) is 7.13. The number of rotatable bonds is 5. The van der Waals surface area contributed by atoms with Crippen LogP contribution in [0.2, 0.25) is 10.0 Å². The van der Waals surface area contributed by atoms with Gasteiger partial charge >= 0.3 is 0 Å². The van der Waals surface area contributed by atoms with Gasteiger partial charge in [-0.2, -0.15) is 5.26 Å². The average Bonchev–Trinajstić information content (AvgIpc) is 3.15. The number of H-pyrrole nitrogens is 1. The molecular formula is C25H19Cl2N3O. The molecule has 0 saturated carbocycles. The Balaban J connectivity index is 1.60. The van der Waals surface area contributed by atoms with Gasteiger partial charge in [0.15, 0.2) is 5.75 Å². The van der Waals surface area contributed by atoms with E-state index in [1.165, 1.54) is 5.56 Å². The van der Waals surface area contributed by atoms with Crippen LogP contribution in [0.3, 0.4) is 0 Å². The van der Waals surface area contributed by atoms with E-state index in [1.807, 2.05) is 56.3 Å². The number of aryl methyl sites for hydroxylation is 2. The van der Waals surface area contributed by atoms with Gasteiger partial charge in [0, 0.05) is 0 Å². The number of halogens is 2. The second-order valence-electron chi connectivity index (χ2n) is 7.36. The van der Waals surface area contributed by atoms with E-state index in [0.29, 0.717) is 39.4 Å². The molecule has 1 heterocycles. The van der Waals surface area contributed by atoms with Gasteiger partial charge in [-0.3, -0.25) is 0 Å². The third-order valence-electron chi connectivity index (χ3n) is 4.85. The number of nitrogens with zero attached hydrogens (tertiary/aromatic N) is 2. The Morgan fingerprint density at radius 1 is 1.03 bits per heavy atom. The van der Waals surface area contributed by atoms with Crippen LogP contribution in [0.25, 0.3) is 22.7 Å². The number of hydrogen-bond acceptors (Lipinski definition) is 3. The molecule has 0 bridgehead atoms.